The van der Waals surface area contributed by atoms with Crippen LogP contribution >= 0.6 is 0 Å². The van der Waals surface area contributed by atoms with Gasteiger partial charge >= 0.3 is 18.2 Å². The lowest BCUT2D eigenvalue weighted by atomic mass is 9.93. The molecular weight excluding hydrogens is 977 g/mol. The Morgan fingerprint density at radius 3 is 1.17 bits per heavy atom. The van der Waals surface area contributed by atoms with Crippen molar-refractivity contribution >= 4 is 47.0 Å². The SMILES string of the molecule is CC(C)[C@H](NC(=O)OCC1c2ccccc2-c2ccccc21)C(=O)C[C@@H](C)C(=O)Nc1ccc(CO)cc1.CC(C)[C@H](NC(=O)OCC1c2ccccc2-c2ccccc21)C(=O)C[C@@H](C)C(=O)O.Nc1ccc(CO)cc1. The first-order valence-corrected chi connectivity index (χ1v) is 25.9. The second-order valence-corrected chi connectivity index (χ2v) is 20.1. The number of aliphatic carboxylic acids is 1. The number of amides is 3. The summed E-state index contributed by atoms with van der Waals surface area (Å²) >= 11 is 0. The fourth-order valence-electron chi connectivity index (χ4n) is 9.39. The van der Waals surface area contributed by atoms with Gasteiger partial charge in [0, 0.05) is 42.0 Å². The Labute approximate surface area is 450 Å². The van der Waals surface area contributed by atoms with Crippen molar-refractivity contribution in [2.24, 2.45) is 23.7 Å². The molecule has 8 rings (SSSR count). The number of hydrogen-bond acceptors (Lipinski definition) is 11. The van der Waals surface area contributed by atoms with Crippen LogP contribution in [0.2, 0.25) is 0 Å². The molecule has 0 saturated carbocycles. The van der Waals surface area contributed by atoms with Crippen LogP contribution in [0.15, 0.2) is 146 Å². The molecule has 0 radical (unpaired) electrons. The van der Waals surface area contributed by atoms with Crippen LogP contribution in [0.25, 0.3) is 22.3 Å². The molecule has 0 heterocycles. The highest BCUT2D eigenvalue weighted by molar-refractivity contribution is 5.97. The summed E-state index contributed by atoms with van der Waals surface area (Å²) in [4.78, 5) is 74.5. The number of fused-ring (bicyclic) bond motifs is 6. The van der Waals surface area contributed by atoms with Gasteiger partial charge in [-0.2, -0.15) is 0 Å². The maximum absolute atomic E-state index is 13.1. The van der Waals surface area contributed by atoms with Crippen LogP contribution in [0.5, 0.6) is 0 Å². The van der Waals surface area contributed by atoms with Crippen molar-refractivity contribution < 1.29 is 53.6 Å². The molecule has 2 aliphatic carbocycles. The second-order valence-electron chi connectivity index (χ2n) is 20.1. The average Bonchev–Trinajstić information content (AvgIpc) is 3.92. The summed E-state index contributed by atoms with van der Waals surface area (Å²) in [6.07, 6.45) is -1.48. The van der Waals surface area contributed by atoms with Gasteiger partial charge < -0.3 is 46.5 Å². The van der Waals surface area contributed by atoms with Gasteiger partial charge in [-0.15, -0.1) is 0 Å². The molecule has 3 amide bonds. The van der Waals surface area contributed by atoms with E-state index in [1.165, 1.54) is 6.92 Å². The van der Waals surface area contributed by atoms with Crippen molar-refractivity contribution in [2.75, 3.05) is 24.3 Å². The fourth-order valence-corrected chi connectivity index (χ4v) is 9.39. The molecule has 77 heavy (non-hydrogen) atoms. The molecule has 0 aliphatic heterocycles. The number of nitrogens with one attached hydrogen (secondary N) is 3. The quantitative estimate of drug-likeness (QED) is 0.0375. The number of anilines is 2. The zero-order chi connectivity index (χ0) is 55.8. The number of benzene rings is 6. The normalized spacial score (nSPS) is 13.6. The minimum atomic E-state index is -1.04. The molecule has 8 N–H and O–H groups in total. The molecule has 0 unspecified atom stereocenters. The third-order valence-corrected chi connectivity index (χ3v) is 13.7. The molecular formula is C62H70N4O11. The molecule has 15 nitrogen and oxygen atoms in total. The van der Waals surface area contributed by atoms with Crippen molar-refractivity contribution in [3.05, 3.63) is 179 Å². The van der Waals surface area contributed by atoms with E-state index in [4.69, 9.17) is 30.5 Å². The summed E-state index contributed by atoms with van der Waals surface area (Å²) in [5, 5.41) is 34.9. The van der Waals surface area contributed by atoms with Gasteiger partial charge in [-0.05, 0) is 91.7 Å². The summed E-state index contributed by atoms with van der Waals surface area (Å²) < 4.78 is 11.1. The molecule has 4 atom stereocenters. The van der Waals surface area contributed by atoms with Crippen LogP contribution in [0.4, 0.5) is 21.0 Å². The number of Topliss-reactive ketones (excluding diaryl/α,β-unsaturated/α-hetero) is 2. The first kappa shape index (κ1) is 58.1. The topological polar surface area (TPSA) is 244 Å². The molecule has 2 aliphatic rings. The predicted octanol–water partition coefficient (Wildman–Crippen LogP) is 10.3. The van der Waals surface area contributed by atoms with E-state index in [1.807, 2.05) is 74.5 Å². The highest BCUT2D eigenvalue weighted by atomic mass is 16.6. The van der Waals surface area contributed by atoms with Gasteiger partial charge in [0.15, 0.2) is 11.6 Å². The average molecular weight is 1050 g/mol. The van der Waals surface area contributed by atoms with Crippen molar-refractivity contribution in [2.45, 2.75) is 91.5 Å². The van der Waals surface area contributed by atoms with Gasteiger partial charge in [0.2, 0.25) is 5.91 Å². The van der Waals surface area contributed by atoms with Crippen LogP contribution in [-0.4, -0.2) is 76.2 Å². The smallest absolute Gasteiger partial charge is 0.407 e. The highest BCUT2D eigenvalue weighted by Gasteiger charge is 2.33. The van der Waals surface area contributed by atoms with Crippen molar-refractivity contribution in [3.8, 4) is 22.3 Å². The van der Waals surface area contributed by atoms with Crippen molar-refractivity contribution in [1.29, 1.82) is 0 Å². The van der Waals surface area contributed by atoms with Crippen LogP contribution in [0, 0.1) is 23.7 Å². The number of aliphatic hydroxyl groups excluding tert-OH is 2. The molecule has 6 aromatic carbocycles. The number of ether oxygens (including phenoxy) is 2. The van der Waals surface area contributed by atoms with E-state index in [0.29, 0.717) is 5.69 Å². The standard InChI is InChI=1S/C31H34N2O5.C24H27NO5.C7H9NO/c1-19(2)29(28(35)16-20(3)30(36)32-22-14-12-21(17-34)13-15-22)33-31(37)38-18-27-25-10-6-4-8-23(25)24-9-5-7-11-26(24)27;1-14(2)22(21(26)12-15(3)23(27)28)25-24(29)30-13-20-18-10-6-4-8-16(18)17-9-5-7-11-19(17)20;8-7-3-1-6(5-9)2-4-7/h4-15,19-20,27,29,34H,16-18H2,1-3H3,(H,32,36)(H,33,37);4-11,14-15,20,22H,12-13H2,1-3H3,(H,25,29)(H,27,28);1-4,9H,5,8H2/t20-,29+;15-,22+;/m11./s1. The van der Waals surface area contributed by atoms with Gasteiger partial charge in [-0.1, -0.05) is 163 Å². The number of nitrogens with two attached hydrogens (primary N) is 1. The van der Waals surface area contributed by atoms with E-state index in [1.54, 1.807) is 69.3 Å². The number of carboxylic acid groups (broad SMARTS) is 1. The van der Waals surface area contributed by atoms with Gasteiger partial charge in [0.05, 0.1) is 31.2 Å². The van der Waals surface area contributed by atoms with Crippen molar-refractivity contribution in [1.82, 2.24) is 10.6 Å². The van der Waals surface area contributed by atoms with E-state index in [2.05, 4.69) is 52.3 Å². The Hall–Kier alpha value is -8.14. The van der Waals surface area contributed by atoms with Gasteiger partial charge in [0.25, 0.3) is 0 Å². The van der Waals surface area contributed by atoms with E-state index in [-0.39, 0.29) is 80.4 Å². The number of ketones is 2. The maximum Gasteiger partial charge on any atom is 0.407 e. The third kappa shape index (κ3) is 15.5. The number of carbonyl (C=O) groups is 6. The molecule has 6 aromatic rings. The lowest BCUT2D eigenvalue weighted by Crippen LogP contribution is -2.45. The number of nitrogen functional groups attached to an aromatic ring is 1. The second kappa shape index (κ2) is 27.6. The molecule has 0 bridgehead atoms. The van der Waals surface area contributed by atoms with Gasteiger partial charge in [-0.25, -0.2) is 9.59 Å². The predicted molar refractivity (Wildman–Crippen MR) is 297 cm³/mol. The Balaban J connectivity index is 0.000000218. The maximum atomic E-state index is 13.1. The zero-order valence-electron chi connectivity index (χ0n) is 44.4. The zero-order valence-corrected chi connectivity index (χ0v) is 44.4. The van der Waals surface area contributed by atoms with Crippen LogP contribution in [0.1, 0.15) is 99.6 Å². The molecule has 0 aromatic heterocycles. The summed E-state index contributed by atoms with van der Waals surface area (Å²) in [5.41, 5.74) is 17.4. The summed E-state index contributed by atoms with van der Waals surface area (Å²) in [6.45, 7) is 10.8. The molecule has 0 saturated heterocycles. The Morgan fingerprint density at radius 2 is 0.831 bits per heavy atom. The minimum Gasteiger partial charge on any atom is -0.481 e. The first-order valence-electron chi connectivity index (χ1n) is 25.9. The van der Waals surface area contributed by atoms with E-state index in [0.717, 1.165) is 61.3 Å². The van der Waals surface area contributed by atoms with Gasteiger partial charge in [0.1, 0.15) is 13.2 Å². The number of rotatable bonds is 19. The van der Waals surface area contributed by atoms with Crippen LogP contribution < -0.4 is 21.7 Å². The van der Waals surface area contributed by atoms with Gasteiger partial charge in [-0.3, -0.25) is 19.2 Å². The molecule has 0 spiro atoms. The summed E-state index contributed by atoms with van der Waals surface area (Å²) in [7, 11) is 0. The number of aliphatic hydroxyl groups is 2. The van der Waals surface area contributed by atoms with E-state index >= 15 is 0 Å². The number of carbonyl (C=O) groups excluding carboxylic acids is 5. The Bertz CT molecular complexity index is 2900. The largest absolute Gasteiger partial charge is 0.481 e. The number of carboxylic acids is 1. The third-order valence-electron chi connectivity index (χ3n) is 13.7. The van der Waals surface area contributed by atoms with E-state index in [9.17, 15) is 28.8 Å². The summed E-state index contributed by atoms with van der Waals surface area (Å²) in [6, 6.07) is 44.7. The van der Waals surface area contributed by atoms with Crippen molar-refractivity contribution in [3.63, 3.8) is 0 Å². The first-order chi connectivity index (χ1) is 36.9. The number of alkyl carbamates (subject to hydrolysis) is 2. The van der Waals surface area contributed by atoms with E-state index < -0.39 is 42.1 Å². The molecule has 0 fully saturated rings. The summed E-state index contributed by atoms with van der Waals surface area (Å²) in [5.74, 6) is -3.76. The Morgan fingerprint density at radius 1 is 0.494 bits per heavy atom. The monoisotopic (exact) mass is 1050 g/mol. The molecule has 15 heteroatoms. The Kier molecular flexibility index (Phi) is 20.8. The minimum absolute atomic E-state index is 0.0208. The lowest BCUT2D eigenvalue weighted by Gasteiger charge is -2.23. The van der Waals surface area contributed by atoms with Crippen LogP contribution in [-0.2, 0) is 41.9 Å². The molecule has 404 valence electrons. The fraction of sp³-hybridized carbons (Fsp3) is 0.323. The highest BCUT2D eigenvalue weighted by Crippen LogP contribution is 2.45. The lowest BCUT2D eigenvalue weighted by molar-refractivity contribution is -0.143. The number of hydrogen-bond donors (Lipinski definition) is 7. The van der Waals surface area contributed by atoms with Crippen LogP contribution in [0.3, 0.4) is 0 Å².